The fourth-order valence-electron chi connectivity index (χ4n) is 2.72. The van der Waals surface area contributed by atoms with E-state index in [4.69, 9.17) is 4.74 Å². The van der Waals surface area contributed by atoms with E-state index in [-0.39, 0.29) is 35.9 Å². The second-order valence-electron chi connectivity index (χ2n) is 6.61. The summed E-state index contributed by atoms with van der Waals surface area (Å²) in [5.74, 6) is -0.710. The lowest BCUT2D eigenvalue weighted by Gasteiger charge is -2.14. The Morgan fingerprint density at radius 3 is 2.48 bits per heavy atom. The molecule has 0 aliphatic rings. The second-order valence-corrected chi connectivity index (χ2v) is 6.61. The third kappa shape index (κ3) is 5.52. The summed E-state index contributed by atoms with van der Waals surface area (Å²) in [6, 6.07) is 14.3. The first-order valence-electron chi connectivity index (χ1n) is 9.02. The van der Waals surface area contributed by atoms with Crippen LogP contribution in [0, 0.1) is 12.7 Å². The zero-order valence-corrected chi connectivity index (χ0v) is 15.9. The van der Waals surface area contributed by atoms with Gasteiger partial charge in [0.2, 0.25) is 11.3 Å². The molecule has 0 aliphatic heterocycles. The number of aryl methyl sites for hydroxylation is 1. The molecule has 0 saturated carbocycles. The maximum Gasteiger partial charge on any atom is 0.244 e. The van der Waals surface area contributed by atoms with E-state index in [0.717, 1.165) is 11.1 Å². The van der Waals surface area contributed by atoms with E-state index in [2.05, 4.69) is 5.32 Å². The first-order chi connectivity index (χ1) is 13.9. The van der Waals surface area contributed by atoms with Crippen molar-refractivity contribution in [3.63, 3.8) is 0 Å². The van der Waals surface area contributed by atoms with Crippen LogP contribution in [0.15, 0.2) is 65.6 Å². The first kappa shape index (κ1) is 20.3. The highest BCUT2D eigenvalue weighted by atomic mass is 19.1. The molecule has 0 aliphatic carbocycles. The van der Waals surface area contributed by atoms with Gasteiger partial charge in [-0.25, -0.2) is 4.39 Å². The third-order valence-corrected chi connectivity index (χ3v) is 4.30. The molecule has 6 nitrogen and oxygen atoms in total. The van der Waals surface area contributed by atoms with Crippen LogP contribution in [0.25, 0.3) is 0 Å². The van der Waals surface area contributed by atoms with Crippen LogP contribution in [0.3, 0.4) is 0 Å². The number of aromatic nitrogens is 1. The van der Waals surface area contributed by atoms with Gasteiger partial charge in [-0.1, -0.05) is 29.8 Å². The van der Waals surface area contributed by atoms with E-state index in [9.17, 15) is 19.1 Å². The van der Waals surface area contributed by atoms with Crippen LogP contribution in [0.1, 0.15) is 16.8 Å². The Kier molecular flexibility index (Phi) is 6.41. The number of anilines is 1. The molecule has 1 aromatic heterocycles. The van der Waals surface area contributed by atoms with Crippen LogP contribution in [0.5, 0.6) is 5.75 Å². The standard InChI is InChI=1S/C22H21FN2O4/c1-15-2-4-16(5-3-15)14-29-21-11-25(19(13-26)10-20(21)27)12-22(28)24-18-8-6-17(23)7-9-18/h2-11,26H,12-14H2,1H3,(H,24,28). The first-order valence-corrected chi connectivity index (χ1v) is 9.02. The van der Waals surface area contributed by atoms with Gasteiger partial charge in [0.25, 0.3) is 0 Å². The molecule has 1 heterocycles. The Balaban J connectivity index is 1.73. The number of pyridine rings is 1. The summed E-state index contributed by atoms with van der Waals surface area (Å²) < 4.78 is 20.1. The molecular formula is C22H21FN2O4. The van der Waals surface area contributed by atoms with Gasteiger partial charge < -0.3 is 19.7 Å². The summed E-state index contributed by atoms with van der Waals surface area (Å²) in [6.07, 6.45) is 1.41. The summed E-state index contributed by atoms with van der Waals surface area (Å²) in [6.45, 7) is 1.63. The lowest BCUT2D eigenvalue weighted by Crippen LogP contribution is -2.23. The predicted molar refractivity (Wildman–Crippen MR) is 107 cm³/mol. The number of aliphatic hydroxyl groups excluding tert-OH is 1. The maximum atomic E-state index is 13.0. The zero-order valence-electron chi connectivity index (χ0n) is 15.9. The van der Waals surface area contributed by atoms with E-state index in [1.807, 2.05) is 31.2 Å². The van der Waals surface area contributed by atoms with E-state index in [1.165, 1.54) is 41.1 Å². The molecule has 29 heavy (non-hydrogen) atoms. The zero-order chi connectivity index (χ0) is 20.8. The molecular weight excluding hydrogens is 375 g/mol. The number of rotatable bonds is 7. The van der Waals surface area contributed by atoms with Gasteiger partial charge in [-0.3, -0.25) is 9.59 Å². The van der Waals surface area contributed by atoms with Crippen molar-refractivity contribution < 1.29 is 19.0 Å². The van der Waals surface area contributed by atoms with Crippen LogP contribution >= 0.6 is 0 Å². The fourth-order valence-corrected chi connectivity index (χ4v) is 2.72. The van der Waals surface area contributed by atoms with Gasteiger partial charge in [-0.05, 0) is 36.8 Å². The second kappa shape index (κ2) is 9.16. The lowest BCUT2D eigenvalue weighted by molar-refractivity contribution is -0.116. The van der Waals surface area contributed by atoms with Crippen molar-refractivity contribution in [3.8, 4) is 5.75 Å². The number of halogens is 1. The number of nitrogens with one attached hydrogen (secondary N) is 1. The van der Waals surface area contributed by atoms with Gasteiger partial charge in [0.1, 0.15) is 19.0 Å². The van der Waals surface area contributed by atoms with Crippen LogP contribution in [-0.4, -0.2) is 15.6 Å². The van der Waals surface area contributed by atoms with Crippen LogP contribution < -0.4 is 15.5 Å². The number of amides is 1. The molecule has 0 bridgehead atoms. The number of ether oxygens (including phenoxy) is 1. The number of hydrogen-bond donors (Lipinski definition) is 2. The minimum absolute atomic E-state index is 0.0809. The average Bonchev–Trinajstić information content (AvgIpc) is 2.71. The normalized spacial score (nSPS) is 10.6. The number of nitrogens with zero attached hydrogens (tertiary/aromatic N) is 1. The highest BCUT2D eigenvalue weighted by Gasteiger charge is 2.11. The van der Waals surface area contributed by atoms with Gasteiger partial charge in [-0.2, -0.15) is 0 Å². The Morgan fingerprint density at radius 1 is 1.14 bits per heavy atom. The van der Waals surface area contributed by atoms with Crippen LogP contribution in [-0.2, 0) is 24.6 Å². The van der Waals surface area contributed by atoms with Gasteiger partial charge in [-0.15, -0.1) is 0 Å². The number of hydrogen-bond acceptors (Lipinski definition) is 4. The minimum Gasteiger partial charge on any atom is -0.483 e. The topological polar surface area (TPSA) is 80.6 Å². The summed E-state index contributed by atoms with van der Waals surface area (Å²) >= 11 is 0. The Morgan fingerprint density at radius 2 is 1.83 bits per heavy atom. The summed E-state index contributed by atoms with van der Waals surface area (Å²) in [7, 11) is 0. The van der Waals surface area contributed by atoms with Crippen molar-refractivity contribution in [2.45, 2.75) is 26.7 Å². The Labute approximate surface area is 167 Å². The quantitative estimate of drug-likeness (QED) is 0.643. The molecule has 2 N–H and O–H groups in total. The average molecular weight is 396 g/mol. The minimum atomic E-state index is -0.405. The largest absolute Gasteiger partial charge is 0.483 e. The lowest BCUT2D eigenvalue weighted by atomic mass is 10.2. The number of carbonyl (C=O) groups is 1. The van der Waals surface area contributed by atoms with Crippen molar-refractivity contribution >= 4 is 11.6 Å². The van der Waals surface area contributed by atoms with Crippen molar-refractivity contribution in [1.29, 1.82) is 0 Å². The van der Waals surface area contributed by atoms with Crippen molar-refractivity contribution in [2.24, 2.45) is 0 Å². The smallest absolute Gasteiger partial charge is 0.244 e. The molecule has 0 fully saturated rings. The number of carbonyl (C=O) groups excluding carboxylic acids is 1. The number of benzene rings is 2. The van der Waals surface area contributed by atoms with Crippen molar-refractivity contribution in [1.82, 2.24) is 4.57 Å². The maximum absolute atomic E-state index is 13.0. The molecule has 1 amide bonds. The third-order valence-electron chi connectivity index (χ3n) is 4.30. The van der Waals surface area contributed by atoms with Crippen LogP contribution in [0.2, 0.25) is 0 Å². The highest BCUT2D eigenvalue weighted by molar-refractivity contribution is 5.90. The fraction of sp³-hybridized carbons (Fsp3) is 0.182. The Hall–Kier alpha value is -3.45. The molecule has 7 heteroatoms. The summed E-state index contributed by atoms with van der Waals surface area (Å²) in [4.78, 5) is 24.6. The van der Waals surface area contributed by atoms with Crippen LogP contribution in [0.4, 0.5) is 10.1 Å². The van der Waals surface area contributed by atoms with E-state index in [1.54, 1.807) is 0 Å². The molecule has 150 valence electrons. The molecule has 0 saturated heterocycles. The molecule has 0 unspecified atom stereocenters. The van der Waals surface area contributed by atoms with E-state index >= 15 is 0 Å². The monoisotopic (exact) mass is 396 g/mol. The van der Waals surface area contributed by atoms with Gasteiger partial charge in [0.05, 0.1) is 12.8 Å². The number of aliphatic hydroxyl groups is 1. The molecule has 3 aromatic rings. The van der Waals surface area contributed by atoms with Gasteiger partial charge in [0, 0.05) is 17.4 Å². The molecule has 0 radical (unpaired) electrons. The van der Waals surface area contributed by atoms with E-state index in [0.29, 0.717) is 5.69 Å². The molecule has 0 atom stereocenters. The van der Waals surface area contributed by atoms with Gasteiger partial charge >= 0.3 is 0 Å². The summed E-state index contributed by atoms with van der Waals surface area (Å²) in [5.41, 5.74) is 2.37. The SMILES string of the molecule is Cc1ccc(COc2cn(CC(=O)Nc3ccc(F)cc3)c(CO)cc2=O)cc1. The Bertz CT molecular complexity index is 1040. The van der Waals surface area contributed by atoms with Crippen molar-refractivity contribution in [3.05, 3.63) is 93.7 Å². The summed E-state index contributed by atoms with van der Waals surface area (Å²) in [5, 5.41) is 12.2. The molecule has 2 aromatic carbocycles. The highest BCUT2D eigenvalue weighted by Crippen LogP contribution is 2.12. The molecule has 3 rings (SSSR count). The predicted octanol–water partition coefficient (Wildman–Crippen LogP) is 3.01. The van der Waals surface area contributed by atoms with Crippen molar-refractivity contribution in [2.75, 3.05) is 5.32 Å². The molecule has 0 spiro atoms. The van der Waals surface area contributed by atoms with Gasteiger partial charge in [0.15, 0.2) is 5.75 Å². The van der Waals surface area contributed by atoms with E-state index < -0.39 is 12.4 Å².